The Morgan fingerprint density at radius 1 is 1.32 bits per heavy atom. The second-order valence-electron chi connectivity index (χ2n) is 6.93. The average Bonchev–Trinajstić information content (AvgIpc) is 2.81. The topological polar surface area (TPSA) is 78.2 Å². The molecule has 1 heterocycles. The Kier molecular flexibility index (Phi) is 4.03. The third-order valence-electron chi connectivity index (χ3n) is 3.86. The Morgan fingerprint density at radius 2 is 2.00 bits per heavy atom. The molecule has 2 aromatic rings. The van der Waals surface area contributed by atoms with E-state index in [2.05, 4.69) is 9.97 Å². The van der Waals surface area contributed by atoms with Crippen molar-refractivity contribution in [1.82, 2.24) is 9.97 Å². The SMILES string of the molecule is CN(C(=O)OC(C)(C)C)c1cc(F)cc2c1Cc1[nH]c(=S)[nH]c(=O)c1-2. The number of amides is 1. The number of anilines is 1. The molecule has 0 aliphatic heterocycles. The van der Waals surface area contributed by atoms with Crippen molar-refractivity contribution in [3.63, 3.8) is 0 Å². The summed E-state index contributed by atoms with van der Waals surface area (Å²) >= 11 is 4.99. The van der Waals surface area contributed by atoms with Crippen LogP contribution >= 0.6 is 12.2 Å². The first-order valence-electron chi connectivity index (χ1n) is 7.72. The molecule has 0 spiro atoms. The predicted molar refractivity (Wildman–Crippen MR) is 95.1 cm³/mol. The zero-order valence-electron chi connectivity index (χ0n) is 14.3. The van der Waals surface area contributed by atoms with E-state index in [-0.39, 0.29) is 10.3 Å². The van der Waals surface area contributed by atoms with Crippen molar-refractivity contribution < 1.29 is 13.9 Å². The van der Waals surface area contributed by atoms with Gasteiger partial charge in [0.1, 0.15) is 11.4 Å². The number of hydrogen-bond donors (Lipinski definition) is 2. The summed E-state index contributed by atoms with van der Waals surface area (Å²) in [6.07, 6.45) is -0.251. The summed E-state index contributed by atoms with van der Waals surface area (Å²) < 4.78 is 19.7. The van der Waals surface area contributed by atoms with E-state index in [1.54, 1.807) is 20.8 Å². The number of ether oxygens (including phenoxy) is 1. The van der Waals surface area contributed by atoms with Crippen molar-refractivity contribution in [3.05, 3.63) is 44.3 Å². The van der Waals surface area contributed by atoms with Crippen molar-refractivity contribution in [2.45, 2.75) is 32.8 Å². The van der Waals surface area contributed by atoms with E-state index < -0.39 is 17.5 Å². The van der Waals surface area contributed by atoms with E-state index in [1.807, 2.05) is 0 Å². The zero-order chi connectivity index (χ0) is 18.5. The van der Waals surface area contributed by atoms with E-state index in [9.17, 15) is 14.0 Å². The van der Waals surface area contributed by atoms with Crippen molar-refractivity contribution in [2.75, 3.05) is 11.9 Å². The second-order valence-corrected chi connectivity index (χ2v) is 7.34. The number of carbonyl (C=O) groups excluding carboxylic acids is 1. The molecule has 8 heteroatoms. The highest BCUT2D eigenvalue weighted by atomic mass is 32.1. The van der Waals surface area contributed by atoms with Crippen LogP contribution < -0.4 is 10.5 Å². The number of carbonyl (C=O) groups is 1. The van der Waals surface area contributed by atoms with Crippen LogP contribution in [0.3, 0.4) is 0 Å². The molecule has 1 aliphatic rings. The molecule has 25 heavy (non-hydrogen) atoms. The maximum absolute atomic E-state index is 14.2. The molecular weight excluding hydrogens is 345 g/mol. The molecule has 6 nitrogen and oxygen atoms in total. The molecule has 0 saturated carbocycles. The molecule has 1 aliphatic carbocycles. The Hall–Kier alpha value is -2.48. The van der Waals surface area contributed by atoms with E-state index in [0.717, 1.165) is 0 Å². The number of fused-ring (bicyclic) bond motifs is 3. The van der Waals surface area contributed by atoms with Crippen LogP contribution in [0.5, 0.6) is 0 Å². The summed E-state index contributed by atoms with van der Waals surface area (Å²) in [7, 11) is 1.51. The highest BCUT2D eigenvalue weighted by molar-refractivity contribution is 7.71. The summed E-state index contributed by atoms with van der Waals surface area (Å²) in [5.74, 6) is -0.543. The van der Waals surface area contributed by atoms with Gasteiger partial charge in [-0.05, 0) is 56.2 Å². The van der Waals surface area contributed by atoms with Gasteiger partial charge in [-0.3, -0.25) is 14.7 Å². The van der Waals surface area contributed by atoms with Gasteiger partial charge in [0.25, 0.3) is 5.56 Å². The Labute approximate surface area is 148 Å². The van der Waals surface area contributed by atoms with Crippen molar-refractivity contribution >= 4 is 24.0 Å². The number of nitrogens with zero attached hydrogens (tertiary/aromatic N) is 1. The smallest absolute Gasteiger partial charge is 0.414 e. The maximum Gasteiger partial charge on any atom is 0.414 e. The number of benzene rings is 1. The number of nitrogens with one attached hydrogen (secondary N) is 2. The van der Waals surface area contributed by atoms with Gasteiger partial charge in [0.05, 0.1) is 11.3 Å². The molecule has 0 atom stereocenters. The first-order chi connectivity index (χ1) is 11.6. The third-order valence-corrected chi connectivity index (χ3v) is 4.07. The normalized spacial score (nSPS) is 12.5. The predicted octanol–water partition coefficient (Wildman–Crippen LogP) is 3.51. The molecule has 0 radical (unpaired) electrons. The molecule has 0 fully saturated rings. The van der Waals surface area contributed by atoms with Gasteiger partial charge < -0.3 is 9.72 Å². The molecule has 1 aromatic heterocycles. The fourth-order valence-corrected chi connectivity index (χ4v) is 3.10. The summed E-state index contributed by atoms with van der Waals surface area (Å²) in [5.41, 5.74) is 1.38. The van der Waals surface area contributed by atoms with Crippen molar-refractivity contribution in [3.8, 4) is 11.1 Å². The Bertz CT molecular complexity index is 988. The highest BCUT2D eigenvalue weighted by Gasteiger charge is 2.29. The van der Waals surface area contributed by atoms with Gasteiger partial charge >= 0.3 is 6.09 Å². The minimum Gasteiger partial charge on any atom is -0.443 e. The molecule has 132 valence electrons. The second kappa shape index (κ2) is 5.80. The standard InChI is InChI=1S/C17H18FN3O3S/c1-17(2,3)24-16(23)21(4)12-6-8(18)5-10-9(12)7-11-13(10)14(22)20-15(25)19-11/h5-6H,7H2,1-4H3,(H2,19,20,22,25). The number of aromatic amines is 2. The summed E-state index contributed by atoms with van der Waals surface area (Å²) in [4.78, 5) is 31.3. The number of halogens is 1. The van der Waals surface area contributed by atoms with Crippen LogP contribution in [0.25, 0.3) is 11.1 Å². The van der Waals surface area contributed by atoms with Gasteiger partial charge in [0.2, 0.25) is 0 Å². The van der Waals surface area contributed by atoms with Gasteiger partial charge in [0, 0.05) is 19.2 Å². The van der Waals surface area contributed by atoms with Crippen LogP contribution in [0, 0.1) is 10.6 Å². The lowest BCUT2D eigenvalue weighted by atomic mass is 10.0. The number of H-pyrrole nitrogens is 2. The van der Waals surface area contributed by atoms with Crippen LogP contribution in [0.15, 0.2) is 16.9 Å². The number of hydrogen-bond acceptors (Lipinski definition) is 4. The molecule has 0 saturated heterocycles. The average molecular weight is 363 g/mol. The highest BCUT2D eigenvalue weighted by Crippen LogP contribution is 2.39. The lowest BCUT2D eigenvalue weighted by Crippen LogP contribution is -2.34. The fraction of sp³-hybridized carbons (Fsp3) is 0.353. The minimum absolute atomic E-state index is 0.207. The minimum atomic E-state index is -0.674. The van der Waals surface area contributed by atoms with E-state index in [0.29, 0.717) is 34.5 Å². The van der Waals surface area contributed by atoms with E-state index in [4.69, 9.17) is 17.0 Å². The lowest BCUT2D eigenvalue weighted by molar-refractivity contribution is 0.0589. The molecule has 0 bridgehead atoms. The maximum atomic E-state index is 14.2. The zero-order valence-corrected chi connectivity index (χ0v) is 15.1. The monoisotopic (exact) mass is 363 g/mol. The molecule has 0 unspecified atom stereocenters. The van der Waals surface area contributed by atoms with Gasteiger partial charge in [0.15, 0.2) is 4.77 Å². The van der Waals surface area contributed by atoms with Crippen molar-refractivity contribution in [2.24, 2.45) is 0 Å². The van der Waals surface area contributed by atoms with E-state index >= 15 is 0 Å². The van der Waals surface area contributed by atoms with Crippen molar-refractivity contribution in [1.29, 1.82) is 0 Å². The van der Waals surface area contributed by atoms with Gasteiger partial charge in [-0.15, -0.1) is 0 Å². The first-order valence-corrected chi connectivity index (χ1v) is 8.12. The van der Waals surface area contributed by atoms with Crippen LogP contribution in [-0.4, -0.2) is 28.7 Å². The van der Waals surface area contributed by atoms with Gasteiger partial charge in [-0.25, -0.2) is 9.18 Å². The van der Waals surface area contributed by atoms with E-state index in [1.165, 1.54) is 24.1 Å². The summed E-state index contributed by atoms with van der Waals surface area (Å²) in [6.45, 7) is 5.26. The molecule has 3 rings (SSSR count). The first kappa shape index (κ1) is 17.3. The van der Waals surface area contributed by atoms with Gasteiger partial charge in [-0.1, -0.05) is 0 Å². The number of aromatic nitrogens is 2. The largest absolute Gasteiger partial charge is 0.443 e. The third kappa shape index (κ3) is 3.21. The molecule has 1 amide bonds. The Balaban J connectivity index is 2.11. The fourth-order valence-electron chi connectivity index (χ4n) is 2.89. The molecule has 2 N–H and O–H groups in total. The number of rotatable bonds is 1. The van der Waals surface area contributed by atoms with Gasteiger partial charge in [-0.2, -0.15) is 0 Å². The van der Waals surface area contributed by atoms with Crippen LogP contribution in [0.4, 0.5) is 14.9 Å². The van der Waals surface area contributed by atoms with Crippen LogP contribution in [-0.2, 0) is 11.2 Å². The van der Waals surface area contributed by atoms with Crippen LogP contribution in [0.1, 0.15) is 32.0 Å². The summed E-state index contributed by atoms with van der Waals surface area (Å²) in [5, 5.41) is 0. The van der Waals surface area contributed by atoms with Crippen LogP contribution in [0.2, 0.25) is 0 Å². The quantitative estimate of drug-likeness (QED) is 0.649. The lowest BCUT2D eigenvalue weighted by Gasteiger charge is -2.26. The molecular formula is C17H18FN3O3S. The Morgan fingerprint density at radius 3 is 2.64 bits per heavy atom. The molecule has 1 aromatic carbocycles. The summed E-state index contributed by atoms with van der Waals surface area (Å²) in [6, 6.07) is 2.55.